The first-order valence-electron chi connectivity index (χ1n) is 10.4. The summed E-state index contributed by atoms with van der Waals surface area (Å²) in [6.45, 7) is 7.92. The number of nitrogens with zero attached hydrogens (tertiary/aromatic N) is 3. The molecule has 0 aromatic heterocycles. The summed E-state index contributed by atoms with van der Waals surface area (Å²) in [5, 5.41) is 0. The van der Waals surface area contributed by atoms with Gasteiger partial charge in [-0.15, -0.1) is 0 Å². The number of hydrogen-bond donors (Lipinski definition) is 0. The molecule has 1 amide bonds. The van der Waals surface area contributed by atoms with Crippen LogP contribution in [0.4, 0.5) is 11.4 Å². The monoisotopic (exact) mass is 395 g/mol. The second kappa shape index (κ2) is 9.12. The molecule has 4 rings (SSSR count). The SMILES string of the molecule is CCN(CCN1CCCCC1)CC(=O)N1c2ccccc2Sc2ccccc21. The third kappa shape index (κ3) is 4.27. The van der Waals surface area contributed by atoms with Crippen LogP contribution in [-0.4, -0.2) is 55.0 Å². The van der Waals surface area contributed by atoms with Crippen LogP contribution in [0.15, 0.2) is 58.3 Å². The molecule has 0 unspecified atom stereocenters. The molecule has 4 nitrogen and oxygen atoms in total. The van der Waals surface area contributed by atoms with Crippen LogP contribution in [0, 0.1) is 0 Å². The second-order valence-corrected chi connectivity index (χ2v) is 8.62. The molecule has 0 bridgehead atoms. The zero-order chi connectivity index (χ0) is 19.3. The summed E-state index contributed by atoms with van der Waals surface area (Å²) in [7, 11) is 0. The van der Waals surface area contributed by atoms with Crippen LogP contribution in [0.5, 0.6) is 0 Å². The fraction of sp³-hybridized carbons (Fsp3) is 0.435. The molecular formula is C23H29N3OS. The number of piperidine rings is 1. The van der Waals surface area contributed by atoms with Gasteiger partial charge in [0.25, 0.3) is 0 Å². The van der Waals surface area contributed by atoms with Crippen LogP contribution in [0.2, 0.25) is 0 Å². The highest BCUT2D eigenvalue weighted by Crippen LogP contribution is 2.47. The van der Waals surface area contributed by atoms with Gasteiger partial charge in [-0.2, -0.15) is 0 Å². The number of carbonyl (C=O) groups is 1. The number of benzene rings is 2. The van der Waals surface area contributed by atoms with Crippen molar-refractivity contribution in [2.75, 3.05) is 44.2 Å². The second-order valence-electron chi connectivity index (χ2n) is 7.54. The van der Waals surface area contributed by atoms with Crippen LogP contribution < -0.4 is 4.90 Å². The Morgan fingerprint density at radius 1 is 0.964 bits per heavy atom. The van der Waals surface area contributed by atoms with Gasteiger partial charge >= 0.3 is 0 Å². The molecule has 1 saturated heterocycles. The van der Waals surface area contributed by atoms with Gasteiger partial charge in [0.2, 0.25) is 5.91 Å². The number of anilines is 2. The maximum Gasteiger partial charge on any atom is 0.245 e. The number of para-hydroxylation sites is 2. The lowest BCUT2D eigenvalue weighted by atomic mass is 10.1. The molecule has 28 heavy (non-hydrogen) atoms. The zero-order valence-electron chi connectivity index (χ0n) is 16.6. The lowest BCUT2D eigenvalue weighted by Gasteiger charge is -2.33. The standard InChI is InChI=1S/C23H29N3OS/c1-2-24(16-17-25-14-8-3-9-15-25)18-23(27)26-19-10-4-6-12-21(19)28-22-13-7-5-11-20(22)26/h4-7,10-13H,2-3,8-9,14-18H2,1H3. The number of fused-ring (bicyclic) bond motifs is 2. The summed E-state index contributed by atoms with van der Waals surface area (Å²) < 4.78 is 0. The Morgan fingerprint density at radius 3 is 2.18 bits per heavy atom. The van der Waals surface area contributed by atoms with Crippen molar-refractivity contribution < 1.29 is 4.79 Å². The Bertz CT molecular complexity index is 773. The normalized spacial score (nSPS) is 16.7. The number of likely N-dealkylation sites (N-methyl/N-ethyl adjacent to an activating group) is 1. The Hall–Kier alpha value is -1.82. The van der Waals surface area contributed by atoms with E-state index in [0.29, 0.717) is 6.54 Å². The number of amides is 1. The lowest BCUT2D eigenvalue weighted by Crippen LogP contribution is -2.43. The van der Waals surface area contributed by atoms with Crippen molar-refractivity contribution >= 4 is 29.0 Å². The Kier molecular flexibility index (Phi) is 6.35. The van der Waals surface area contributed by atoms with E-state index in [1.54, 1.807) is 11.8 Å². The summed E-state index contributed by atoms with van der Waals surface area (Å²) in [6, 6.07) is 16.4. The first-order chi connectivity index (χ1) is 13.8. The summed E-state index contributed by atoms with van der Waals surface area (Å²) in [5.41, 5.74) is 2.01. The molecule has 2 aliphatic heterocycles. The summed E-state index contributed by atoms with van der Waals surface area (Å²) in [4.78, 5) is 22.4. The fourth-order valence-electron chi connectivity index (χ4n) is 4.05. The Labute approximate surface area is 172 Å². The molecule has 0 aliphatic carbocycles. The van der Waals surface area contributed by atoms with E-state index in [1.807, 2.05) is 29.2 Å². The summed E-state index contributed by atoms with van der Waals surface area (Å²) >= 11 is 1.74. The van der Waals surface area contributed by atoms with E-state index < -0.39 is 0 Å². The van der Waals surface area contributed by atoms with Gasteiger partial charge in [-0.05, 0) is 56.7 Å². The third-order valence-corrected chi connectivity index (χ3v) is 6.80. The van der Waals surface area contributed by atoms with Gasteiger partial charge < -0.3 is 4.90 Å². The van der Waals surface area contributed by atoms with E-state index in [0.717, 1.165) is 40.8 Å². The highest BCUT2D eigenvalue weighted by molar-refractivity contribution is 7.99. The molecule has 1 fully saturated rings. The molecular weight excluding hydrogens is 366 g/mol. The van der Waals surface area contributed by atoms with Crippen molar-refractivity contribution in [3.63, 3.8) is 0 Å². The van der Waals surface area contributed by atoms with Crippen molar-refractivity contribution in [2.24, 2.45) is 0 Å². The van der Waals surface area contributed by atoms with E-state index in [-0.39, 0.29) is 5.91 Å². The predicted octanol–water partition coefficient (Wildman–Crippen LogP) is 4.62. The van der Waals surface area contributed by atoms with Gasteiger partial charge in [0.1, 0.15) is 0 Å². The molecule has 148 valence electrons. The highest BCUT2D eigenvalue weighted by atomic mass is 32.2. The van der Waals surface area contributed by atoms with Crippen LogP contribution in [0.1, 0.15) is 26.2 Å². The molecule has 0 radical (unpaired) electrons. The minimum Gasteiger partial charge on any atom is -0.302 e. The smallest absolute Gasteiger partial charge is 0.245 e. The van der Waals surface area contributed by atoms with Crippen LogP contribution >= 0.6 is 11.8 Å². The Morgan fingerprint density at radius 2 is 1.57 bits per heavy atom. The molecule has 0 atom stereocenters. The summed E-state index contributed by atoms with van der Waals surface area (Å²) in [6.07, 6.45) is 3.98. The molecule has 0 spiro atoms. The first-order valence-corrected chi connectivity index (χ1v) is 11.2. The maximum absolute atomic E-state index is 13.4. The molecule has 5 heteroatoms. The third-order valence-electron chi connectivity index (χ3n) is 5.67. The summed E-state index contributed by atoms with van der Waals surface area (Å²) in [5.74, 6) is 0.153. The number of rotatable bonds is 6. The van der Waals surface area contributed by atoms with Gasteiger partial charge in [-0.1, -0.05) is 49.4 Å². The van der Waals surface area contributed by atoms with E-state index in [1.165, 1.54) is 32.4 Å². The fourth-order valence-corrected chi connectivity index (χ4v) is 5.11. The van der Waals surface area contributed by atoms with Crippen molar-refractivity contribution in [3.05, 3.63) is 48.5 Å². The highest BCUT2D eigenvalue weighted by Gasteiger charge is 2.28. The number of carbonyl (C=O) groups excluding carboxylic acids is 1. The molecule has 2 aliphatic rings. The Balaban J connectivity index is 1.49. The average molecular weight is 396 g/mol. The van der Waals surface area contributed by atoms with E-state index in [4.69, 9.17) is 0 Å². The quantitative estimate of drug-likeness (QED) is 0.713. The molecule has 2 aromatic rings. The minimum atomic E-state index is 0.153. The van der Waals surface area contributed by atoms with E-state index in [9.17, 15) is 4.79 Å². The molecule has 2 aromatic carbocycles. The van der Waals surface area contributed by atoms with Crippen molar-refractivity contribution in [3.8, 4) is 0 Å². The molecule has 2 heterocycles. The van der Waals surface area contributed by atoms with E-state index >= 15 is 0 Å². The van der Waals surface area contributed by atoms with Gasteiger partial charge in [0.05, 0.1) is 17.9 Å². The zero-order valence-corrected chi connectivity index (χ0v) is 17.5. The maximum atomic E-state index is 13.4. The van der Waals surface area contributed by atoms with Gasteiger partial charge in [0.15, 0.2) is 0 Å². The molecule has 0 saturated carbocycles. The van der Waals surface area contributed by atoms with Gasteiger partial charge in [-0.3, -0.25) is 14.6 Å². The number of likely N-dealkylation sites (tertiary alicyclic amines) is 1. The first kappa shape index (κ1) is 19.5. The van der Waals surface area contributed by atoms with Gasteiger partial charge in [0, 0.05) is 22.9 Å². The number of hydrogen-bond acceptors (Lipinski definition) is 4. The topological polar surface area (TPSA) is 26.8 Å². The van der Waals surface area contributed by atoms with Crippen LogP contribution in [0.3, 0.4) is 0 Å². The van der Waals surface area contributed by atoms with E-state index in [2.05, 4.69) is 41.0 Å². The molecule has 0 N–H and O–H groups in total. The van der Waals surface area contributed by atoms with Crippen molar-refractivity contribution in [2.45, 2.75) is 36.0 Å². The van der Waals surface area contributed by atoms with Crippen LogP contribution in [0.25, 0.3) is 0 Å². The van der Waals surface area contributed by atoms with Crippen LogP contribution in [-0.2, 0) is 4.79 Å². The average Bonchev–Trinajstić information content (AvgIpc) is 2.75. The van der Waals surface area contributed by atoms with Gasteiger partial charge in [-0.25, -0.2) is 0 Å². The predicted molar refractivity (Wildman–Crippen MR) is 117 cm³/mol. The van der Waals surface area contributed by atoms with Crippen molar-refractivity contribution in [1.29, 1.82) is 0 Å². The lowest BCUT2D eigenvalue weighted by molar-refractivity contribution is -0.119. The van der Waals surface area contributed by atoms with Crippen molar-refractivity contribution in [1.82, 2.24) is 9.80 Å². The minimum absolute atomic E-state index is 0.153. The largest absolute Gasteiger partial charge is 0.302 e.